The lowest BCUT2D eigenvalue weighted by Gasteiger charge is -2.12. The van der Waals surface area contributed by atoms with E-state index in [1.54, 1.807) is 0 Å². The largest absolute Gasteiger partial charge is 0.299 e. The summed E-state index contributed by atoms with van der Waals surface area (Å²) in [4.78, 5) is 11.4. The van der Waals surface area contributed by atoms with Crippen LogP contribution in [0.3, 0.4) is 0 Å². The van der Waals surface area contributed by atoms with Gasteiger partial charge in [0.1, 0.15) is 5.78 Å². The molecule has 0 saturated heterocycles. The Hall–Kier alpha value is -0.850. The van der Waals surface area contributed by atoms with Crippen molar-refractivity contribution in [3.63, 3.8) is 0 Å². The van der Waals surface area contributed by atoms with Gasteiger partial charge in [-0.05, 0) is 17.8 Å². The van der Waals surface area contributed by atoms with E-state index in [1.807, 2.05) is 0 Å². The van der Waals surface area contributed by atoms with Crippen LogP contribution in [0.2, 0.25) is 0 Å². The van der Waals surface area contributed by atoms with E-state index >= 15 is 0 Å². The summed E-state index contributed by atoms with van der Waals surface area (Å²) in [6.07, 6.45) is 9.60. The van der Waals surface area contributed by atoms with Crippen molar-refractivity contribution in [3.05, 3.63) is 24.3 Å². The van der Waals surface area contributed by atoms with Crippen LogP contribution in [0.4, 0.5) is 0 Å². The van der Waals surface area contributed by atoms with E-state index in [0.29, 0.717) is 23.5 Å². The molecule has 0 aromatic carbocycles. The highest BCUT2D eigenvalue weighted by Crippen LogP contribution is 2.49. The smallest absolute Gasteiger partial charge is 0.140 e. The summed E-state index contributed by atoms with van der Waals surface area (Å²) in [6, 6.07) is 0. The number of hydrogen-bond donors (Lipinski definition) is 0. The summed E-state index contributed by atoms with van der Waals surface area (Å²) < 4.78 is 0. The van der Waals surface area contributed by atoms with Gasteiger partial charge in [0, 0.05) is 12.3 Å². The van der Waals surface area contributed by atoms with Crippen LogP contribution in [-0.4, -0.2) is 5.78 Å². The summed E-state index contributed by atoms with van der Waals surface area (Å²) >= 11 is 0. The van der Waals surface area contributed by atoms with Crippen LogP contribution < -0.4 is 0 Å². The fourth-order valence-corrected chi connectivity index (χ4v) is 2.78. The van der Waals surface area contributed by atoms with Crippen molar-refractivity contribution in [3.8, 4) is 0 Å². The Balaban J connectivity index is 2.10. The van der Waals surface area contributed by atoms with Crippen molar-refractivity contribution in [2.75, 3.05) is 0 Å². The predicted molar refractivity (Wildman–Crippen MR) is 41.9 cm³/mol. The fourth-order valence-electron chi connectivity index (χ4n) is 2.78. The minimum Gasteiger partial charge on any atom is -0.299 e. The molecule has 3 aliphatic carbocycles. The van der Waals surface area contributed by atoms with Crippen molar-refractivity contribution in [1.82, 2.24) is 0 Å². The maximum Gasteiger partial charge on any atom is 0.140 e. The molecule has 0 radical (unpaired) electrons. The maximum atomic E-state index is 11.4. The van der Waals surface area contributed by atoms with Gasteiger partial charge >= 0.3 is 0 Å². The Morgan fingerprint density at radius 1 is 1.18 bits per heavy atom. The van der Waals surface area contributed by atoms with Gasteiger partial charge < -0.3 is 0 Å². The Morgan fingerprint density at radius 2 is 2.00 bits per heavy atom. The first-order chi connectivity index (χ1) is 5.36. The zero-order chi connectivity index (χ0) is 7.42. The van der Waals surface area contributed by atoms with Gasteiger partial charge in [0.2, 0.25) is 0 Å². The lowest BCUT2D eigenvalue weighted by Crippen LogP contribution is -2.12. The van der Waals surface area contributed by atoms with Crippen molar-refractivity contribution < 1.29 is 4.79 Å². The molecule has 1 heteroatoms. The highest BCUT2D eigenvalue weighted by Gasteiger charge is 2.47. The number of hydrogen-bond acceptors (Lipinski definition) is 1. The van der Waals surface area contributed by atoms with Crippen LogP contribution in [0.1, 0.15) is 6.42 Å². The van der Waals surface area contributed by atoms with Gasteiger partial charge in [-0.2, -0.15) is 0 Å². The predicted octanol–water partition coefficient (Wildman–Crippen LogP) is 1.56. The van der Waals surface area contributed by atoms with Gasteiger partial charge in [-0.25, -0.2) is 0 Å². The number of carbonyl (C=O) groups excluding carboxylic acids is 1. The van der Waals surface area contributed by atoms with Gasteiger partial charge in [-0.1, -0.05) is 24.3 Å². The van der Waals surface area contributed by atoms with Gasteiger partial charge in [0.25, 0.3) is 0 Å². The Bertz CT molecular complexity index is 275. The van der Waals surface area contributed by atoms with Crippen molar-refractivity contribution in [2.45, 2.75) is 6.42 Å². The molecule has 11 heavy (non-hydrogen) atoms. The molecule has 4 atom stereocenters. The van der Waals surface area contributed by atoms with Crippen LogP contribution in [-0.2, 0) is 4.79 Å². The molecule has 0 aliphatic heterocycles. The van der Waals surface area contributed by atoms with Gasteiger partial charge in [-0.3, -0.25) is 4.79 Å². The van der Waals surface area contributed by atoms with Gasteiger partial charge in [0.05, 0.1) is 0 Å². The summed E-state index contributed by atoms with van der Waals surface area (Å²) in [5.74, 6) is 2.54. The summed E-state index contributed by atoms with van der Waals surface area (Å²) in [5.41, 5.74) is 0. The quantitative estimate of drug-likeness (QED) is 0.474. The molecule has 0 spiro atoms. The number of carbonyl (C=O) groups is 1. The third kappa shape index (κ3) is 0.550. The molecule has 0 heterocycles. The SMILES string of the molecule is O=C1C[C@@H]2C=C[C@H]3C=C[C@H]1[C@@H]32. The van der Waals surface area contributed by atoms with E-state index in [-0.39, 0.29) is 5.92 Å². The van der Waals surface area contributed by atoms with Crippen LogP contribution in [0.15, 0.2) is 24.3 Å². The maximum absolute atomic E-state index is 11.4. The topological polar surface area (TPSA) is 17.1 Å². The van der Waals surface area contributed by atoms with E-state index in [0.717, 1.165) is 6.42 Å². The molecule has 0 unspecified atom stereocenters. The molecule has 1 saturated carbocycles. The highest BCUT2D eigenvalue weighted by molar-refractivity contribution is 5.87. The van der Waals surface area contributed by atoms with Crippen LogP contribution in [0.5, 0.6) is 0 Å². The molecule has 0 N–H and O–H groups in total. The summed E-state index contributed by atoms with van der Waals surface area (Å²) in [6.45, 7) is 0. The third-order valence-corrected chi connectivity index (χ3v) is 3.28. The first kappa shape index (κ1) is 5.76. The molecule has 0 bridgehead atoms. The summed E-state index contributed by atoms with van der Waals surface area (Å²) in [7, 11) is 0. The van der Waals surface area contributed by atoms with Crippen LogP contribution in [0, 0.1) is 23.7 Å². The highest BCUT2D eigenvalue weighted by atomic mass is 16.1. The van der Waals surface area contributed by atoms with Crippen LogP contribution in [0.25, 0.3) is 0 Å². The molecule has 1 fully saturated rings. The van der Waals surface area contributed by atoms with E-state index in [9.17, 15) is 4.79 Å². The number of allylic oxidation sites excluding steroid dienone is 4. The average molecular weight is 146 g/mol. The molecule has 0 amide bonds. The Morgan fingerprint density at radius 3 is 2.91 bits per heavy atom. The second kappa shape index (κ2) is 1.66. The monoisotopic (exact) mass is 146 g/mol. The average Bonchev–Trinajstić information content (AvgIpc) is 2.53. The zero-order valence-corrected chi connectivity index (χ0v) is 6.23. The number of Topliss-reactive ketones (excluding diaryl/α,β-unsaturated/α-hetero) is 1. The Kier molecular flexibility index (Phi) is 0.867. The van der Waals surface area contributed by atoms with E-state index in [1.165, 1.54) is 0 Å². The molecule has 0 aromatic heterocycles. The van der Waals surface area contributed by atoms with E-state index in [2.05, 4.69) is 24.3 Å². The molecular weight excluding hydrogens is 136 g/mol. The zero-order valence-electron chi connectivity index (χ0n) is 6.23. The van der Waals surface area contributed by atoms with E-state index < -0.39 is 0 Å². The third-order valence-electron chi connectivity index (χ3n) is 3.28. The first-order valence-corrected chi connectivity index (χ1v) is 4.25. The normalized spacial score (nSPS) is 50.7. The van der Waals surface area contributed by atoms with Gasteiger partial charge in [-0.15, -0.1) is 0 Å². The van der Waals surface area contributed by atoms with Crippen LogP contribution >= 0.6 is 0 Å². The van der Waals surface area contributed by atoms with Crippen molar-refractivity contribution >= 4 is 5.78 Å². The molecular formula is C10H10O. The minimum absolute atomic E-state index is 0.278. The molecule has 56 valence electrons. The lowest BCUT2D eigenvalue weighted by molar-refractivity contribution is -0.119. The molecule has 3 rings (SSSR count). The van der Waals surface area contributed by atoms with E-state index in [4.69, 9.17) is 0 Å². The second-order valence-corrected chi connectivity index (χ2v) is 3.78. The lowest BCUT2D eigenvalue weighted by atomic mass is 9.90. The molecule has 0 aromatic rings. The number of rotatable bonds is 0. The van der Waals surface area contributed by atoms with Crippen molar-refractivity contribution in [2.24, 2.45) is 23.7 Å². The standard InChI is InChI=1S/C10H10O/c11-9-5-7-2-1-6-3-4-8(9)10(6)7/h1-4,6-8,10H,5H2/t6-,7-,8+,10-/m0/s1. The summed E-state index contributed by atoms with van der Waals surface area (Å²) in [5, 5.41) is 0. The minimum atomic E-state index is 0.278. The number of ketones is 1. The molecule has 3 aliphatic rings. The first-order valence-electron chi connectivity index (χ1n) is 4.25. The fraction of sp³-hybridized carbons (Fsp3) is 0.500. The van der Waals surface area contributed by atoms with Crippen molar-refractivity contribution in [1.29, 1.82) is 0 Å². The second-order valence-electron chi connectivity index (χ2n) is 3.78. The molecule has 1 nitrogen and oxygen atoms in total. The Labute approximate surface area is 65.8 Å². The van der Waals surface area contributed by atoms with Gasteiger partial charge in [0.15, 0.2) is 0 Å².